The monoisotopic (exact) mass is 266 g/mol. The predicted octanol–water partition coefficient (Wildman–Crippen LogP) is 3.93. The van der Waals surface area contributed by atoms with Gasteiger partial charge in [0.05, 0.1) is 24.0 Å². The molecule has 0 saturated carbocycles. The minimum Gasteiger partial charge on any atom is -0.497 e. The molecule has 1 aromatic heterocycles. The van der Waals surface area contributed by atoms with E-state index in [0.717, 1.165) is 29.0 Å². The second-order valence-electron chi connectivity index (χ2n) is 5.02. The van der Waals surface area contributed by atoms with Gasteiger partial charge in [0.1, 0.15) is 11.6 Å². The Labute approximate surface area is 113 Å². The number of fused-ring (bicyclic) bond motifs is 1. The van der Waals surface area contributed by atoms with E-state index in [9.17, 15) is 0 Å². The summed E-state index contributed by atoms with van der Waals surface area (Å²) in [5.41, 5.74) is 2.05. The fourth-order valence-corrected chi connectivity index (χ4v) is 2.34. The third-order valence-electron chi connectivity index (χ3n) is 3.52. The molecule has 0 amide bonds. The van der Waals surface area contributed by atoms with Crippen LogP contribution in [-0.4, -0.2) is 16.7 Å². The first-order valence-electron chi connectivity index (χ1n) is 6.15. The lowest BCUT2D eigenvalue weighted by Gasteiger charge is -2.27. The van der Waals surface area contributed by atoms with E-state index >= 15 is 0 Å². The van der Waals surface area contributed by atoms with E-state index in [1.165, 1.54) is 0 Å². The molecule has 18 heavy (non-hydrogen) atoms. The van der Waals surface area contributed by atoms with Crippen LogP contribution in [0, 0.1) is 0 Å². The largest absolute Gasteiger partial charge is 0.497 e. The van der Waals surface area contributed by atoms with Crippen LogP contribution in [0.25, 0.3) is 11.0 Å². The summed E-state index contributed by atoms with van der Waals surface area (Å²) in [4.78, 5) is 4.61. The summed E-state index contributed by atoms with van der Waals surface area (Å²) < 4.78 is 7.47. The normalized spacial score (nSPS) is 12.1. The number of hydrogen-bond acceptors (Lipinski definition) is 2. The lowest BCUT2D eigenvalue weighted by atomic mass is 10.0. The van der Waals surface area contributed by atoms with Gasteiger partial charge in [0.2, 0.25) is 0 Å². The number of imidazole rings is 1. The summed E-state index contributed by atoms with van der Waals surface area (Å²) in [6.45, 7) is 6.58. The molecule has 0 atom stereocenters. The van der Waals surface area contributed by atoms with Gasteiger partial charge in [0.15, 0.2) is 0 Å². The number of nitrogens with zero attached hydrogens (tertiary/aromatic N) is 2. The fraction of sp³-hybridized carbons (Fsp3) is 0.500. The maximum absolute atomic E-state index is 6.03. The second-order valence-corrected chi connectivity index (χ2v) is 5.28. The van der Waals surface area contributed by atoms with Crippen LogP contribution in [0.5, 0.6) is 5.75 Å². The summed E-state index contributed by atoms with van der Waals surface area (Å²) in [5, 5.41) is 0. The van der Waals surface area contributed by atoms with Crippen molar-refractivity contribution in [3.8, 4) is 5.75 Å². The summed E-state index contributed by atoms with van der Waals surface area (Å²) in [5.74, 6) is 2.15. The lowest BCUT2D eigenvalue weighted by molar-refractivity contribution is 0.344. The molecule has 4 heteroatoms. The van der Waals surface area contributed by atoms with Gasteiger partial charge in [0, 0.05) is 11.6 Å². The molecular weight excluding hydrogens is 248 g/mol. The van der Waals surface area contributed by atoms with Crippen LogP contribution in [0.2, 0.25) is 0 Å². The van der Waals surface area contributed by atoms with E-state index in [4.69, 9.17) is 16.3 Å². The van der Waals surface area contributed by atoms with E-state index in [-0.39, 0.29) is 5.54 Å². The average Bonchev–Trinajstić information content (AvgIpc) is 2.76. The van der Waals surface area contributed by atoms with Crippen LogP contribution in [0.3, 0.4) is 0 Å². The fourth-order valence-electron chi connectivity index (χ4n) is 2.16. The Morgan fingerprint density at radius 2 is 2.11 bits per heavy atom. The zero-order chi connectivity index (χ0) is 13.3. The maximum Gasteiger partial charge on any atom is 0.125 e. The van der Waals surface area contributed by atoms with Crippen molar-refractivity contribution in [3.63, 3.8) is 0 Å². The lowest BCUT2D eigenvalue weighted by Crippen LogP contribution is -2.26. The Balaban J connectivity index is 2.70. The zero-order valence-corrected chi connectivity index (χ0v) is 12.1. The highest BCUT2D eigenvalue weighted by atomic mass is 35.5. The van der Waals surface area contributed by atoms with Crippen molar-refractivity contribution >= 4 is 22.6 Å². The van der Waals surface area contributed by atoms with Crippen molar-refractivity contribution in [2.24, 2.45) is 0 Å². The summed E-state index contributed by atoms with van der Waals surface area (Å²) in [6, 6.07) is 5.96. The van der Waals surface area contributed by atoms with Gasteiger partial charge in [-0.05, 0) is 32.4 Å². The Hall–Kier alpha value is -1.22. The molecular formula is C14H19ClN2O. The van der Waals surface area contributed by atoms with E-state index < -0.39 is 0 Å². The molecule has 98 valence electrons. The Morgan fingerprint density at radius 3 is 2.67 bits per heavy atom. The predicted molar refractivity (Wildman–Crippen MR) is 75.5 cm³/mol. The quantitative estimate of drug-likeness (QED) is 0.784. The highest BCUT2D eigenvalue weighted by molar-refractivity contribution is 6.16. The molecule has 0 N–H and O–H groups in total. The van der Waals surface area contributed by atoms with Crippen LogP contribution in [0.4, 0.5) is 0 Å². The summed E-state index contributed by atoms with van der Waals surface area (Å²) in [7, 11) is 1.66. The molecule has 0 unspecified atom stereocenters. The van der Waals surface area contributed by atoms with Crippen LogP contribution >= 0.6 is 11.6 Å². The zero-order valence-electron chi connectivity index (χ0n) is 11.3. The van der Waals surface area contributed by atoms with Crippen LogP contribution in [-0.2, 0) is 11.4 Å². The van der Waals surface area contributed by atoms with Crippen molar-refractivity contribution in [2.45, 2.75) is 38.6 Å². The molecule has 0 aliphatic heterocycles. The molecule has 1 aromatic carbocycles. The summed E-state index contributed by atoms with van der Waals surface area (Å²) >= 11 is 6.03. The number of alkyl halides is 1. The molecule has 0 bridgehead atoms. The highest BCUT2D eigenvalue weighted by Crippen LogP contribution is 2.30. The Bertz CT molecular complexity index is 560. The van der Waals surface area contributed by atoms with Crippen molar-refractivity contribution < 1.29 is 4.74 Å². The number of aromatic nitrogens is 2. The number of methoxy groups -OCH3 is 1. The minimum absolute atomic E-state index is 0.00750. The van der Waals surface area contributed by atoms with Gasteiger partial charge >= 0.3 is 0 Å². The van der Waals surface area contributed by atoms with Gasteiger partial charge in [0.25, 0.3) is 0 Å². The van der Waals surface area contributed by atoms with Gasteiger partial charge in [-0.1, -0.05) is 6.92 Å². The second kappa shape index (κ2) is 4.81. The maximum atomic E-state index is 6.03. The van der Waals surface area contributed by atoms with Gasteiger partial charge in [-0.2, -0.15) is 0 Å². The number of benzene rings is 1. The summed E-state index contributed by atoms with van der Waals surface area (Å²) in [6.07, 6.45) is 1.02. The molecule has 2 rings (SSSR count). The number of rotatable bonds is 4. The van der Waals surface area contributed by atoms with Crippen LogP contribution < -0.4 is 4.74 Å². The molecule has 0 saturated heterocycles. The molecule has 1 heterocycles. The molecule has 0 spiro atoms. The third-order valence-corrected chi connectivity index (χ3v) is 3.76. The highest BCUT2D eigenvalue weighted by Gasteiger charge is 2.23. The first-order valence-corrected chi connectivity index (χ1v) is 6.68. The average molecular weight is 267 g/mol. The van der Waals surface area contributed by atoms with Gasteiger partial charge in [-0.3, -0.25) is 0 Å². The van der Waals surface area contributed by atoms with E-state index in [0.29, 0.717) is 5.88 Å². The smallest absolute Gasteiger partial charge is 0.125 e. The Kier molecular flexibility index (Phi) is 3.53. The topological polar surface area (TPSA) is 27.1 Å². The van der Waals surface area contributed by atoms with Gasteiger partial charge in [-0.15, -0.1) is 11.6 Å². The van der Waals surface area contributed by atoms with Crippen molar-refractivity contribution in [1.29, 1.82) is 0 Å². The molecule has 3 nitrogen and oxygen atoms in total. The van der Waals surface area contributed by atoms with Gasteiger partial charge in [-0.25, -0.2) is 4.98 Å². The van der Waals surface area contributed by atoms with Crippen molar-refractivity contribution in [1.82, 2.24) is 9.55 Å². The van der Waals surface area contributed by atoms with Crippen molar-refractivity contribution in [2.75, 3.05) is 7.11 Å². The van der Waals surface area contributed by atoms with E-state index in [1.54, 1.807) is 7.11 Å². The van der Waals surface area contributed by atoms with Gasteiger partial charge < -0.3 is 9.30 Å². The standard InChI is InChI=1S/C14H19ClN2O/c1-5-14(2,3)17-12-7-6-10(18-4)8-11(12)16-13(17)9-15/h6-8H,5,9H2,1-4H3. The van der Waals surface area contributed by atoms with E-state index in [2.05, 4.69) is 36.4 Å². The van der Waals surface area contributed by atoms with Crippen LogP contribution in [0.15, 0.2) is 18.2 Å². The molecule has 0 radical (unpaired) electrons. The van der Waals surface area contributed by atoms with E-state index in [1.807, 2.05) is 12.1 Å². The molecule has 0 aliphatic rings. The molecule has 2 aromatic rings. The van der Waals surface area contributed by atoms with Crippen molar-refractivity contribution in [3.05, 3.63) is 24.0 Å². The first kappa shape index (κ1) is 13.2. The number of ether oxygens (including phenoxy) is 1. The molecule has 0 fully saturated rings. The number of halogens is 1. The Morgan fingerprint density at radius 1 is 1.39 bits per heavy atom. The minimum atomic E-state index is 0.00750. The van der Waals surface area contributed by atoms with Crippen LogP contribution in [0.1, 0.15) is 33.0 Å². The number of hydrogen-bond donors (Lipinski definition) is 0. The first-order chi connectivity index (χ1) is 8.53. The molecule has 0 aliphatic carbocycles. The third kappa shape index (κ3) is 2.07. The SMILES string of the molecule is CCC(C)(C)n1c(CCl)nc2cc(OC)ccc21.